The quantitative estimate of drug-likeness (QED) is 0.695. The minimum absolute atomic E-state index is 0.281. The summed E-state index contributed by atoms with van der Waals surface area (Å²) in [5.74, 6) is -2.06. The number of amides is 1. The SMILES string of the molecule is CCCC[C@@H](CC)c1nnc(NC(=O)[C@H]2CC=CC[C@@H]2C(=O)O)s1. The highest BCUT2D eigenvalue weighted by atomic mass is 32.1. The molecule has 24 heavy (non-hydrogen) atoms. The van der Waals surface area contributed by atoms with Gasteiger partial charge in [-0.1, -0.05) is 50.2 Å². The highest BCUT2D eigenvalue weighted by Gasteiger charge is 2.34. The summed E-state index contributed by atoms with van der Waals surface area (Å²) in [7, 11) is 0. The molecule has 0 unspecified atom stereocenters. The smallest absolute Gasteiger partial charge is 0.307 e. The molecule has 0 radical (unpaired) electrons. The first-order valence-corrected chi connectivity index (χ1v) is 9.40. The second-order valence-corrected chi connectivity index (χ2v) is 7.19. The second kappa shape index (κ2) is 8.92. The third-order valence-corrected chi connectivity index (χ3v) is 5.51. The number of carbonyl (C=O) groups excluding carboxylic acids is 1. The number of allylic oxidation sites excluding steroid dienone is 2. The summed E-state index contributed by atoms with van der Waals surface area (Å²) in [4.78, 5) is 23.7. The van der Waals surface area contributed by atoms with Crippen LogP contribution in [0, 0.1) is 11.8 Å². The van der Waals surface area contributed by atoms with Crippen molar-refractivity contribution in [2.24, 2.45) is 11.8 Å². The van der Waals surface area contributed by atoms with Gasteiger partial charge in [-0.2, -0.15) is 0 Å². The van der Waals surface area contributed by atoms with E-state index >= 15 is 0 Å². The van der Waals surface area contributed by atoms with Crippen molar-refractivity contribution in [3.8, 4) is 0 Å². The van der Waals surface area contributed by atoms with Crippen molar-refractivity contribution in [2.45, 2.75) is 58.3 Å². The van der Waals surface area contributed by atoms with Crippen LogP contribution < -0.4 is 5.32 Å². The standard InChI is InChI=1S/C17H25N3O3S/c1-3-5-8-11(4-2)15-19-20-17(24-15)18-14(21)12-9-6-7-10-13(12)16(22)23/h6-7,11-13H,3-5,8-10H2,1-2H3,(H,22,23)(H,18,20,21)/t11-,12+,13+/m1/s1. The predicted octanol–water partition coefficient (Wildman–Crippen LogP) is 3.83. The summed E-state index contributed by atoms with van der Waals surface area (Å²) in [6.07, 6.45) is 8.89. The molecular weight excluding hydrogens is 326 g/mol. The lowest BCUT2D eigenvalue weighted by atomic mass is 9.82. The van der Waals surface area contributed by atoms with Crippen molar-refractivity contribution in [3.63, 3.8) is 0 Å². The van der Waals surface area contributed by atoms with E-state index in [0.717, 1.165) is 30.7 Å². The molecule has 0 bridgehead atoms. The Morgan fingerprint density at radius 2 is 2.00 bits per heavy atom. The number of carboxylic acid groups (broad SMARTS) is 1. The van der Waals surface area contributed by atoms with Crippen LogP contribution in [0.2, 0.25) is 0 Å². The van der Waals surface area contributed by atoms with E-state index in [4.69, 9.17) is 0 Å². The Hall–Kier alpha value is -1.76. The summed E-state index contributed by atoms with van der Waals surface area (Å²) >= 11 is 1.40. The average molecular weight is 351 g/mol. The molecule has 1 aliphatic rings. The van der Waals surface area contributed by atoms with Crippen LogP contribution in [0.5, 0.6) is 0 Å². The van der Waals surface area contributed by atoms with Gasteiger partial charge in [-0.05, 0) is 25.7 Å². The normalized spacial score (nSPS) is 21.4. The number of carbonyl (C=O) groups is 2. The van der Waals surface area contributed by atoms with Crippen LogP contribution in [0.1, 0.15) is 63.3 Å². The summed E-state index contributed by atoms with van der Waals surface area (Å²) < 4.78 is 0. The Balaban J connectivity index is 2.01. The number of aromatic nitrogens is 2. The Labute approximate surface area is 146 Å². The molecule has 0 spiro atoms. The third-order valence-electron chi connectivity index (χ3n) is 4.51. The molecule has 0 fully saturated rings. The van der Waals surface area contributed by atoms with Crippen LogP contribution in [-0.4, -0.2) is 27.2 Å². The van der Waals surface area contributed by atoms with Crippen LogP contribution in [0.4, 0.5) is 5.13 Å². The van der Waals surface area contributed by atoms with Crippen LogP contribution in [0.15, 0.2) is 12.2 Å². The summed E-state index contributed by atoms with van der Waals surface area (Å²) in [5, 5.41) is 21.7. The van der Waals surface area contributed by atoms with Crippen LogP contribution >= 0.6 is 11.3 Å². The van der Waals surface area contributed by atoms with E-state index in [0.29, 0.717) is 23.9 Å². The molecule has 0 aromatic carbocycles. The van der Waals surface area contributed by atoms with Crippen molar-refractivity contribution in [2.75, 3.05) is 5.32 Å². The molecule has 0 aliphatic heterocycles. The lowest BCUT2D eigenvalue weighted by Crippen LogP contribution is -2.34. The molecule has 1 aliphatic carbocycles. The summed E-state index contributed by atoms with van der Waals surface area (Å²) in [5.41, 5.74) is 0. The highest BCUT2D eigenvalue weighted by Crippen LogP contribution is 2.31. The Morgan fingerprint density at radius 1 is 1.29 bits per heavy atom. The number of unbranched alkanes of at least 4 members (excludes halogenated alkanes) is 1. The van der Waals surface area contributed by atoms with Gasteiger partial charge >= 0.3 is 5.97 Å². The van der Waals surface area contributed by atoms with Crippen molar-refractivity contribution in [3.05, 3.63) is 17.2 Å². The molecule has 0 saturated carbocycles. The molecule has 6 nitrogen and oxygen atoms in total. The molecule has 1 aromatic heterocycles. The van der Waals surface area contributed by atoms with Gasteiger partial charge < -0.3 is 10.4 Å². The van der Waals surface area contributed by atoms with Gasteiger partial charge in [0.1, 0.15) is 5.01 Å². The zero-order chi connectivity index (χ0) is 17.5. The van der Waals surface area contributed by atoms with E-state index in [9.17, 15) is 14.7 Å². The van der Waals surface area contributed by atoms with Crippen LogP contribution in [0.3, 0.4) is 0 Å². The number of hydrogen-bond acceptors (Lipinski definition) is 5. The number of carboxylic acids is 1. The first-order valence-electron chi connectivity index (χ1n) is 8.58. The van der Waals surface area contributed by atoms with Gasteiger partial charge in [-0.25, -0.2) is 0 Å². The Bertz CT molecular complexity index is 600. The molecule has 3 atom stereocenters. The molecular formula is C17H25N3O3S. The van der Waals surface area contributed by atoms with Crippen molar-refractivity contribution in [1.82, 2.24) is 10.2 Å². The van der Waals surface area contributed by atoms with Crippen molar-refractivity contribution < 1.29 is 14.7 Å². The zero-order valence-electron chi connectivity index (χ0n) is 14.2. The summed E-state index contributed by atoms with van der Waals surface area (Å²) in [6, 6.07) is 0. The van der Waals surface area contributed by atoms with Gasteiger partial charge in [-0.3, -0.25) is 9.59 Å². The topological polar surface area (TPSA) is 92.2 Å². The first kappa shape index (κ1) is 18.6. The van der Waals surface area contributed by atoms with Gasteiger partial charge in [0.15, 0.2) is 0 Å². The zero-order valence-corrected chi connectivity index (χ0v) is 15.0. The number of aliphatic carboxylic acids is 1. The van der Waals surface area contributed by atoms with Gasteiger partial charge in [0.2, 0.25) is 11.0 Å². The number of rotatable bonds is 8. The number of hydrogen-bond donors (Lipinski definition) is 2. The van der Waals surface area contributed by atoms with E-state index in [1.165, 1.54) is 11.3 Å². The molecule has 1 amide bonds. The minimum atomic E-state index is -0.928. The summed E-state index contributed by atoms with van der Waals surface area (Å²) in [6.45, 7) is 4.29. The third kappa shape index (κ3) is 4.63. The molecule has 2 N–H and O–H groups in total. The maximum absolute atomic E-state index is 12.4. The van der Waals surface area contributed by atoms with Gasteiger partial charge in [0.25, 0.3) is 0 Å². The van der Waals surface area contributed by atoms with Gasteiger partial charge in [0.05, 0.1) is 11.8 Å². The number of nitrogens with zero attached hydrogens (tertiary/aromatic N) is 2. The fraction of sp³-hybridized carbons (Fsp3) is 0.647. The van der Waals surface area contributed by atoms with E-state index in [1.807, 2.05) is 12.2 Å². The highest BCUT2D eigenvalue weighted by molar-refractivity contribution is 7.15. The lowest BCUT2D eigenvalue weighted by Gasteiger charge is -2.23. The van der Waals surface area contributed by atoms with E-state index < -0.39 is 17.8 Å². The monoisotopic (exact) mass is 351 g/mol. The maximum atomic E-state index is 12.4. The first-order chi connectivity index (χ1) is 11.6. The fourth-order valence-corrected chi connectivity index (χ4v) is 3.94. The average Bonchev–Trinajstić information content (AvgIpc) is 3.03. The van der Waals surface area contributed by atoms with Crippen LogP contribution in [-0.2, 0) is 9.59 Å². The van der Waals surface area contributed by atoms with Crippen molar-refractivity contribution >= 4 is 28.3 Å². The Kier molecular flexibility index (Phi) is 6.90. The van der Waals surface area contributed by atoms with Gasteiger partial charge in [-0.15, -0.1) is 10.2 Å². The van der Waals surface area contributed by atoms with E-state index in [1.54, 1.807) is 0 Å². The van der Waals surface area contributed by atoms with Gasteiger partial charge in [0, 0.05) is 5.92 Å². The fourth-order valence-electron chi connectivity index (χ4n) is 2.98. The molecule has 7 heteroatoms. The number of nitrogens with one attached hydrogen (secondary N) is 1. The molecule has 1 heterocycles. The molecule has 2 rings (SSSR count). The van der Waals surface area contributed by atoms with E-state index in [-0.39, 0.29) is 5.91 Å². The molecule has 132 valence electrons. The maximum Gasteiger partial charge on any atom is 0.307 e. The lowest BCUT2D eigenvalue weighted by molar-refractivity contribution is -0.146. The van der Waals surface area contributed by atoms with E-state index in [2.05, 4.69) is 29.4 Å². The van der Waals surface area contributed by atoms with Crippen LogP contribution in [0.25, 0.3) is 0 Å². The number of anilines is 1. The largest absolute Gasteiger partial charge is 0.481 e. The predicted molar refractivity (Wildman–Crippen MR) is 94.1 cm³/mol. The van der Waals surface area contributed by atoms with Crippen molar-refractivity contribution in [1.29, 1.82) is 0 Å². The Morgan fingerprint density at radius 3 is 2.62 bits per heavy atom. The second-order valence-electron chi connectivity index (χ2n) is 6.18. The molecule has 1 aromatic rings. The molecule has 0 saturated heterocycles. The minimum Gasteiger partial charge on any atom is -0.481 e.